The molecule has 1 unspecified atom stereocenters. The van der Waals surface area contributed by atoms with E-state index in [-0.39, 0.29) is 5.91 Å². The van der Waals surface area contributed by atoms with Gasteiger partial charge in [0.2, 0.25) is 0 Å². The molecular formula is C19H20N4OS. The van der Waals surface area contributed by atoms with Gasteiger partial charge in [0.05, 0.1) is 6.04 Å². The highest BCUT2D eigenvalue weighted by molar-refractivity contribution is 7.13. The summed E-state index contributed by atoms with van der Waals surface area (Å²) in [7, 11) is 0. The lowest BCUT2D eigenvalue weighted by Crippen LogP contribution is -2.32. The van der Waals surface area contributed by atoms with Crippen LogP contribution in [0.25, 0.3) is 10.4 Å². The molecule has 2 N–H and O–H groups in total. The lowest BCUT2D eigenvalue weighted by Gasteiger charge is -2.22. The number of aromatic nitrogens is 2. The Kier molecular flexibility index (Phi) is 4.63. The molecule has 0 saturated carbocycles. The van der Waals surface area contributed by atoms with Gasteiger partial charge in [0.1, 0.15) is 0 Å². The Hall–Kier alpha value is -2.44. The van der Waals surface area contributed by atoms with Gasteiger partial charge in [0.15, 0.2) is 5.69 Å². The Balaban J connectivity index is 1.47. The third kappa shape index (κ3) is 3.65. The van der Waals surface area contributed by atoms with Gasteiger partial charge in [0, 0.05) is 23.3 Å². The molecule has 25 heavy (non-hydrogen) atoms. The number of hydrogen-bond donors (Lipinski definition) is 2. The molecule has 3 aromatic rings. The summed E-state index contributed by atoms with van der Waals surface area (Å²) in [6.45, 7) is 1.97. The molecule has 6 heteroatoms. The lowest BCUT2D eigenvalue weighted by atomic mass is 10.1. The Bertz CT molecular complexity index is 850. The molecule has 0 aliphatic carbocycles. The Morgan fingerprint density at radius 3 is 3.04 bits per heavy atom. The van der Waals surface area contributed by atoms with E-state index in [0.717, 1.165) is 37.2 Å². The monoisotopic (exact) mass is 352 g/mol. The van der Waals surface area contributed by atoms with Gasteiger partial charge in [-0.15, -0.1) is 11.3 Å². The fourth-order valence-corrected chi connectivity index (χ4v) is 3.83. The lowest BCUT2D eigenvalue weighted by molar-refractivity contribution is 0.102. The van der Waals surface area contributed by atoms with E-state index in [1.54, 1.807) is 17.4 Å². The Morgan fingerprint density at radius 1 is 1.28 bits per heavy atom. The molecule has 0 bridgehead atoms. The summed E-state index contributed by atoms with van der Waals surface area (Å²) in [5.74, 6) is -0.175. The quantitative estimate of drug-likeness (QED) is 0.751. The smallest absolute Gasteiger partial charge is 0.276 e. The van der Waals surface area contributed by atoms with E-state index in [9.17, 15) is 4.79 Å². The second-order valence-corrected chi connectivity index (χ2v) is 7.14. The summed E-state index contributed by atoms with van der Waals surface area (Å²) in [5, 5.41) is 12.8. The van der Waals surface area contributed by atoms with Crippen LogP contribution in [0, 0.1) is 0 Å². The molecule has 4 rings (SSSR count). The van der Waals surface area contributed by atoms with Crippen LogP contribution in [0.2, 0.25) is 0 Å². The molecule has 1 atom stereocenters. The van der Waals surface area contributed by atoms with E-state index in [4.69, 9.17) is 0 Å². The fourth-order valence-electron chi connectivity index (χ4n) is 3.11. The number of carbonyl (C=O) groups excluding carboxylic acids is 1. The van der Waals surface area contributed by atoms with Crippen LogP contribution in [0.4, 0.5) is 5.69 Å². The summed E-state index contributed by atoms with van der Waals surface area (Å²) in [4.78, 5) is 13.7. The van der Waals surface area contributed by atoms with E-state index in [1.165, 1.54) is 4.88 Å². The van der Waals surface area contributed by atoms with Crippen molar-refractivity contribution in [2.45, 2.75) is 18.9 Å². The van der Waals surface area contributed by atoms with Gasteiger partial charge in [0.25, 0.3) is 5.91 Å². The molecular weight excluding hydrogens is 332 g/mol. The number of anilines is 1. The van der Waals surface area contributed by atoms with E-state index in [0.29, 0.717) is 11.7 Å². The van der Waals surface area contributed by atoms with Crippen molar-refractivity contribution < 1.29 is 4.79 Å². The normalized spacial score (nSPS) is 17.4. The predicted molar refractivity (Wildman–Crippen MR) is 101 cm³/mol. The molecule has 0 spiro atoms. The van der Waals surface area contributed by atoms with Gasteiger partial charge in [-0.25, -0.2) is 0 Å². The molecule has 3 heterocycles. The number of piperidine rings is 1. The first kappa shape index (κ1) is 16.1. The van der Waals surface area contributed by atoms with Crippen molar-refractivity contribution in [3.8, 4) is 10.4 Å². The maximum absolute atomic E-state index is 12.5. The fraction of sp³-hybridized carbons (Fsp3) is 0.263. The Morgan fingerprint density at radius 2 is 2.24 bits per heavy atom. The predicted octanol–water partition coefficient (Wildman–Crippen LogP) is 3.79. The van der Waals surface area contributed by atoms with Crippen LogP contribution in [0.1, 0.15) is 29.4 Å². The standard InChI is InChI=1S/C19H20N4OS/c24-19(17-8-10-23(22-17)16-6-2-9-20-13-16)21-15-5-1-4-14(12-15)18-7-3-11-25-18/h1,3-5,7-8,10-12,16,20H,2,6,9,13H2,(H,21,24). The summed E-state index contributed by atoms with van der Waals surface area (Å²) >= 11 is 1.68. The van der Waals surface area contributed by atoms with E-state index < -0.39 is 0 Å². The number of thiophene rings is 1. The van der Waals surface area contributed by atoms with Crippen molar-refractivity contribution >= 4 is 22.9 Å². The second-order valence-electron chi connectivity index (χ2n) is 6.19. The zero-order valence-electron chi connectivity index (χ0n) is 13.8. The van der Waals surface area contributed by atoms with Crippen LogP contribution in [-0.4, -0.2) is 28.8 Å². The topological polar surface area (TPSA) is 59.0 Å². The van der Waals surface area contributed by atoms with Gasteiger partial charge in [-0.05, 0) is 54.6 Å². The minimum absolute atomic E-state index is 0.175. The van der Waals surface area contributed by atoms with Gasteiger partial charge < -0.3 is 10.6 Å². The summed E-state index contributed by atoms with van der Waals surface area (Å²) in [6.07, 6.45) is 4.13. The first-order valence-electron chi connectivity index (χ1n) is 8.51. The first-order chi connectivity index (χ1) is 12.3. The van der Waals surface area contributed by atoms with Crippen molar-refractivity contribution in [3.05, 3.63) is 59.7 Å². The number of hydrogen-bond acceptors (Lipinski definition) is 4. The molecule has 5 nitrogen and oxygen atoms in total. The maximum atomic E-state index is 12.5. The summed E-state index contributed by atoms with van der Waals surface area (Å²) in [6, 6.07) is 14.1. The molecule has 1 fully saturated rings. The number of carbonyl (C=O) groups is 1. The highest BCUT2D eigenvalue weighted by Gasteiger charge is 2.17. The molecule has 128 valence electrons. The minimum atomic E-state index is -0.175. The highest BCUT2D eigenvalue weighted by Crippen LogP contribution is 2.27. The van der Waals surface area contributed by atoms with Gasteiger partial charge in [-0.1, -0.05) is 18.2 Å². The number of benzene rings is 1. The van der Waals surface area contributed by atoms with E-state index in [1.807, 2.05) is 46.6 Å². The molecule has 1 aromatic carbocycles. The van der Waals surface area contributed by atoms with Crippen LogP contribution >= 0.6 is 11.3 Å². The van der Waals surface area contributed by atoms with E-state index >= 15 is 0 Å². The van der Waals surface area contributed by atoms with Crippen molar-refractivity contribution in [2.75, 3.05) is 18.4 Å². The van der Waals surface area contributed by atoms with Crippen LogP contribution in [-0.2, 0) is 0 Å². The maximum Gasteiger partial charge on any atom is 0.276 e. The van der Waals surface area contributed by atoms with Gasteiger partial charge in [-0.2, -0.15) is 5.10 Å². The second kappa shape index (κ2) is 7.21. The van der Waals surface area contributed by atoms with Crippen molar-refractivity contribution in [2.24, 2.45) is 0 Å². The van der Waals surface area contributed by atoms with Crippen LogP contribution in [0.5, 0.6) is 0 Å². The Labute approximate surface area is 150 Å². The molecule has 1 aliphatic heterocycles. The summed E-state index contributed by atoms with van der Waals surface area (Å²) < 4.78 is 1.91. The van der Waals surface area contributed by atoms with E-state index in [2.05, 4.69) is 21.8 Å². The molecule has 1 saturated heterocycles. The highest BCUT2D eigenvalue weighted by atomic mass is 32.1. The van der Waals surface area contributed by atoms with Gasteiger partial charge >= 0.3 is 0 Å². The number of rotatable bonds is 4. The van der Waals surface area contributed by atoms with Gasteiger partial charge in [-0.3, -0.25) is 9.48 Å². The molecule has 1 amide bonds. The molecule has 0 radical (unpaired) electrons. The summed E-state index contributed by atoms with van der Waals surface area (Å²) in [5.41, 5.74) is 2.34. The van der Waals surface area contributed by atoms with Crippen molar-refractivity contribution in [3.63, 3.8) is 0 Å². The first-order valence-corrected chi connectivity index (χ1v) is 9.39. The van der Waals surface area contributed by atoms with Crippen LogP contribution < -0.4 is 10.6 Å². The van der Waals surface area contributed by atoms with Crippen molar-refractivity contribution in [1.29, 1.82) is 0 Å². The van der Waals surface area contributed by atoms with Crippen molar-refractivity contribution in [1.82, 2.24) is 15.1 Å². The SMILES string of the molecule is O=C(Nc1cccc(-c2cccs2)c1)c1ccn(C2CCCNC2)n1. The number of amides is 1. The number of nitrogens with zero attached hydrogens (tertiary/aromatic N) is 2. The average molecular weight is 352 g/mol. The molecule has 2 aromatic heterocycles. The average Bonchev–Trinajstić information content (AvgIpc) is 3.35. The minimum Gasteiger partial charge on any atom is -0.321 e. The third-order valence-electron chi connectivity index (χ3n) is 4.41. The van der Waals surface area contributed by atoms with Crippen LogP contribution in [0.3, 0.4) is 0 Å². The molecule has 1 aliphatic rings. The van der Waals surface area contributed by atoms with Crippen LogP contribution in [0.15, 0.2) is 54.0 Å². The largest absolute Gasteiger partial charge is 0.321 e. The number of nitrogens with one attached hydrogen (secondary N) is 2. The zero-order valence-corrected chi connectivity index (χ0v) is 14.6. The zero-order chi connectivity index (χ0) is 17.1. The third-order valence-corrected chi connectivity index (χ3v) is 5.33.